The molecular formula is C8H13N3. The van der Waals surface area contributed by atoms with Gasteiger partial charge in [-0.1, -0.05) is 24.8 Å². The maximum absolute atomic E-state index is 4.00. The lowest BCUT2D eigenvalue weighted by atomic mass is 10.1. The van der Waals surface area contributed by atoms with E-state index < -0.39 is 0 Å². The maximum atomic E-state index is 4.00. The molecule has 0 aliphatic carbocycles. The third kappa shape index (κ3) is 1.69. The Morgan fingerprint density at radius 3 is 2.55 bits per heavy atom. The highest BCUT2D eigenvalue weighted by atomic mass is 15.5. The molecule has 0 fully saturated rings. The number of nitrogens with zero attached hydrogens (tertiary/aromatic N) is 3. The molecule has 0 bridgehead atoms. The van der Waals surface area contributed by atoms with E-state index in [1.54, 1.807) is 5.01 Å². The molecule has 1 heterocycles. The number of hydrogen-bond donors (Lipinski definition) is 0. The van der Waals surface area contributed by atoms with E-state index in [0.29, 0.717) is 5.92 Å². The van der Waals surface area contributed by atoms with Crippen LogP contribution in [-0.4, -0.2) is 12.1 Å². The third-order valence-electron chi connectivity index (χ3n) is 1.63. The van der Waals surface area contributed by atoms with E-state index in [4.69, 9.17) is 0 Å². The van der Waals surface area contributed by atoms with Crippen molar-refractivity contribution < 1.29 is 0 Å². The first-order valence-corrected chi connectivity index (χ1v) is 3.74. The highest BCUT2D eigenvalue weighted by Gasteiger charge is 2.07. The highest BCUT2D eigenvalue weighted by molar-refractivity contribution is 5.08. The van der Waals surface area contributed by atoms with E-state index in [0.717, 1.165) is 11.4 Å². The topological polar surface area (TPSA) is 28.0 Å². The van der Waals surface area contributed by atoms with Gasteiger partial charge in [-0.15, -0.1) is 5.11 Å². The minimum absolute atomic E-state index is 0.405. The van der Waals surface area contributed by atoms with Gasteiger partial charge in [0.05, 0.1) is 5.70 Å². The summed E-state index contributed by atoms with van der Waals surface area (Å²) in [5.41, 5.74) is 5.11. The Bertz CT molecular complexity index is 244. The molecule has 0 amide bonds. The summed E-state index contributed by atoms with van der Waals surface area (Å²) in [7, 11) is 1.86. The van der Waals surface area contributed by atoms with Crippen molar-refractivity contribution in [1.29, 1.82) is 0 Å². The smallest absolute Gasteiger partial charge is 0.111 e. The zero-order chi connectivity index (χ0) is 8.43. The lowest BCUT2D eigenvalue weighted by molar-refractivity contribution is 0.402. The summed E-state index contributed by atoms with van der Waals surface area (Å²) in [4.78, 5) is 0. The van der Waals surface area contributed by atoms with Crippen molar-refractivity contribution in [1.82, 2.24) is 5.01 Å². The fourth-order valence-electron chi connectivity index (χ4n) is 0.733. The molecule has 0 saturated heterocycles. The summed E-state index contributed by atoms with van der Waals surface area (Å²) in [6, 6.07) is 0. The van der Waals surface area contributed by atoms with Crippen LogP contribution in [0.3, 0.4) is 0 Å². The Kier molecular flexibility index (Phi) is 2.11. The van der Waals surface area contributed by atoms with Crippen LogP contribution >= 0.6 is 0 Å². The van der Waals surface area contributed by atoms with Crippen LogP contribution in [-0.2, 0) is 0 Å². The monoisotopic (exact) mass is 151 g/mol. The largest absolute Gasteiger partial charge is 0.247 e. The fraction of sp³-hybridized carbons (Fsp3) is 0.625. The Labute approximate surface area is 67.1 Å². The summed E-state index contributed by atoms with van der Waals surface area (Å²) >= 11 is 0. The summed E-state index contributed by atoms with van der Waals surface area (Å²) in [5, 5.41) is 9.65. The van der Waals surface area contributed by atoms with Crippen molar-refractivity contribution in [2.75, 3.05) is 7.05 Å². The molecule has 0 spiro atoms. The van der Waals surface area contributed by atoms with Crippen LogP contribution in [0.5, 0.6) is 0 Å². The van der Waals surface area contributed by atoms with Gasteiger partial charge in [0.15, 0.2) is 0 Å². The zero-order valence-corrected chi connectivity index (χ0v) is 7.42. The van der Waals surface area contributed by atoms with Crippen LogP contribution in [0.25, 0.3) is 0 Å². The first-order chi connectivity index (χ1) is 5.11. The second-order valence-electron chi connectivity index (χ2n) is 2.96. The van der Waals surface area contributed by atoms with Gasteiger partial charge in [-0.2, -0.15) is 0 Å². The van der Waals surface area contributed by atoms with E-state index in [2.05, 4.69) is 29.9 Å². The third-order valence-corrected chi connectivity index (χ3v) is 1.63. The SMILES string of the molecule is CC1=C=C(C(C)C)N=NN1C. The van der Waals surface area contributed by atoms with Crippen LogP contribution in [0.15, 0.2) is 27.5 Å². The average molecular weight is 151 g/mol. The summed E-state index contributed by atoms with van der Waals surface area (Å²) < 4.78 is 0. The lowest BCUT2D eigenvalue weighted by Gasteiger charge is -2.14. The average Bonchev–Trinajstić information content (AvgIpc) is 1.94. The molecule has 0 unspecified atom stereocenters. The van der Waals surface area contributed by atoms with Crippen LogP contribution in [0.2, 0.25) is 0 Å². The predicted octanol–water partition coefficient (Wildman–Crippen LogP) is 2.34. The molecule has 3 heteroatoms. The molecule has 1 aliphatic heterocycles. The molecule has 11 heavy (non-hydrogen) atoms. The van der Waals surface area contributed by atoms with E-state index in [1.165, 1.54) is 0 Å². The van der Waals surface area contributed by atoms with Crippen LogP contribution in [0.1, 0.15) is 20.8 Å². The van der Waals surface area contributed by atoms with Gasteiger partial charge < -0.3 is 0 Å². The van der Waals surface area contributed by atoms with Gasteiger partial charge in [-0.25, -0.2) is 5.01 Å². The lowest BCUT2D eigenvalue weighted by Crippen LogP contribution is -2.09. The number of hydrogen-bond acceptors (Lipinski definition) is 3. The Morgan fingerprint density at radius 2 is 2.09 bits per heavy atom. The van der Waals surface area contributed by atoms with Gasteiger partial charge in [0.2, 0.25) is 0 Å². The molecular weight excluding hydrogens is 138 g/mol. The molecule has 0 aromatic heterocycles. The van der Waals surface area contributed by atoms with E-state index in [9.17, 15) is 0 Å². The molecule has 0 saturated carbocycles. The molecule has 0 radical (unpaired) electrons. The Morgan fingerprint density at radius 1 is 1.45 bits per heavy atom. The molecule has 0 aromatic rings. The van der Waals surface area contributed by atoms with E-state index in [1.807, 2.05) is 14.0 Å². The van der Waals surface area contributed by atoms with Crippen LogP contribution in [0, 0.1) is 5.92 Å². The summed E-state index contributed by atoms with van der Waals surface area (Å²) in [5.74, 6) is 0.405. The second kappa shape index (κ2) is 2.89. The van der Waals surface area contributed by atoms with Gasteiger partial charge >= 0.3 is 0 Å². The molecule has 1 rings (SSSR count). The fourth-order valence-corrected chi connectivity index (χ4v) is 0.733. The molecule has 1 aliphatic rings. The summed E-state index contributed by atoms with van der Waals surface area (Å²) in [6.07, 6.45) is 0. The Balaban J connectivity index is 2.99. The van der Waals surface area contributed by atoms with Gasteiger partial charge in [-0.05, 0) is 6.92 Å². The van der Waals surface area contributed by atoms with E-state index >= 15 is 0 Å². The van der Waals surface area contributed by atoms with Crippen molar-refractivity contribution in [3.8, 4) is 0 Å². The first-order valence-electron chi connectivity index (χ1n) is 3.74. The van der Waals surface area contributed by atoms with Gasteiger partial charge in [0.25, 0.3) is 0 Å². The number of rotatable bonds is 1. The quantitative estimate of drug-likeness (QED) is 0.528. The molecule has 0 N–H and O–H groups in total. The minimum atomic E-state index is 0.405. The van der Waals surface area contributed by atoms with Crippen LogP contribution in [0.4, 0.5) is 0 Å². The minimum Gasteiger partial charge on any atom is -0.247 e. The molecule has 0 aromatic carbocycles. The van der Waals surface area contributed by atoms with Gasteiger partial charge in [0.1, 0.15) is 5.70 Å². The predicted molar refractivity (Wildman–Crippen MR) is 43.7 cm³/mol. The molecule has 0 atom stereocenters. The van der Waals surface area contributed by atoms with Crippen molar-refractivity contribution in [3.05, 3.63) is 17.1 Å². The standard InChI is InChI=1S/C8H13N3/c1-6(2)8-5-7(3)11(4)10-9-8/h6H,1-4H3. The molecule has 3 nitrogen and oxygen atoms in total. The molecule has 60 valence electrons. The zero-order valence-electron chi connectivity index (χ0n) is 7.42. The van der Waals surface area contributed by atoms with Crippen LogP contribution < -0.4 is 0 Å². The highest BCUT2D eigenvalue weighted by Crippen LogP contribution is 2.16. The van der Waals surface area contributed by atoms with Gasteiger partial charge in [0, 0.05) is 13.0 Å². The summed E-state index contributed by atoms with van der Waals surface area (Å²) in [6.45, 7) is 6.14. The van der Waals surface area contributed by atoms with Crippen molar-refractivity contribution >= 4 is 0 Å². The first kappa shape index (κ1) is 8.02. The maximum Gasteiger partial charge on any atom is 0.111 e. The van der Waals surface area contributed by atoms with Crippen molar-refractivity contribution in [3.63, 3.8) is 0 Å². The van der Waals surface area contributed by atoms with Crippen molar-refractivity contribution in [2.45, 2.75) is 20.8 Å². The van der Waals surface area contributed by atoms with Crippen molar-refractivity contribution in [2.24, 2.45) is 16.3 Å². The van der Waals surface area contributed by atoms with E-state index in [-0.39, 0.29) is 0 Å². The second-order valence-corrected chi connectivity index (χ2v) is 2.96. The van der Waals surface area contributed by atoms with Gasteiger partial charge in [-0.3, -0.25) is 0 Å². The normalized spacial score (nSPS) is 17.0. The number of allylic oxidation sites excluding steroid dienone is 1. The Hall–Kier alpha value is -1.08.